The Hall–Kier alpha value is -6.02. The largest absolute Gasteiger partial charge is 0.508 e. The fraction of sp³-hybridized carbons (Fsp3) is 0.103. The minimum absolute atomic E-state index is 0.0245. The molecule has 0 amide bonds. The fourth-order valence-corrected chi connectivity index (χ4v) is 4.38. The molecule has 14 nitrogen and oxygen atoms in total. The molecule has 1 aliphatic heterocycles. The van der Waals surface area contributed by atoms with Crippen LogP contribution in [0, 0.1) is 0 Å². The summed E-state index contributed by atoms with van der Waals surface area (Å²) in [5.41, 5.74) is -0.228. The fourth-order valence-electron chi connectivity index (χ4n) is 4.38. The second kappa shape index (κ2) is 10.8. The smallest absolute Gasteiger partial charge is 0.343 e. The summed E-state index contributed by atoms with van der Waals surface area (Å²) in [6.07, 6.45) is -2.53. The van der Waals surface area contributed by atoms with Gasteiger partial charge in [-0.1, -0.05) is 6.07 Å². The van der Waals surface area contributed by atoms with E-state index in [9.17, 15) is 55.5 Å². The summed E-state index contributed by atoms with van der Waals surface area (Å²) in [4.78, 5) is 25.1. The number of phenols is 8. The molecule has 2 atom stereocenters. The number of rotatable bonds is 5. The zero-order chi connectivity index (χ0) is 31.2. The number of esters is 2. The Labute approximate surface area is 240 Å². The van der Waals surface area contributed by atoms with Gasteiger partial charge >= 0.3 is 11.9 Å². The highest BCUT2D eigenvalue weighted by atomic mass is 16.5. The number of hydrogen-bond donors (Lipinski definition) is 9. The number of fused-ring (bicyclic) bond motifs is 1. The van der Waals surface area contributed by atoms with Crippen LogP contribution >= 0.6 is 0 Å². The monoisotopic (exact) mass is 594 g/mol. The molecule has 4 aromatic rings. The van der Waals surface area contributed by atoms with Crippen molar-refractivity contribution in [2.75, 3.05) is 0 Å². The van der Waals surface area contributed by atoms with E-state index in [-0.39, 0.29) is 51.7 Å². The van der Waals surface area contributed by atoms with Crippen molar-refractivity contribution in [2.45, 2.75) is 18.6 Å². The number of ether oxygens (including phenoxy) is 3. The van der Waals surface area contributed by atoms with Gasteiger partial charge in [0, 0.05) is 24.1 Å². The van der Waals surface area contributed by atoms with Crippen molar-refractivity contribution in [3.05, 3.63) is 76.9 Å². The standard InChI is InChI=1S/C29H22O14/c30-14-8-23-15(24(9-14)43-29(40)13-6-19(34)26(38)20(35)7-13)10-21(36)27(41-23)11-1-2-22(16(31)3-11)42-28(39)12-4-17(32)25(37)18(33)5-12/h1-9,21,27,30-38H,10H2. The van der Waals surface area contributed by atoms with E-state index in [1.165, 1.54) is 18.2 Å². The minimum Gasteiger partial charge on any atom is -0.508 e. The van der Waals surface area contributed by atoms with Crippen molar-refractivity contribution in [3.8, 4) is 63.2 Å². The van der Waals surface area contributed by atoms with E-state index in [0.717, 1.165) is 36.4 Å². The number of hydrogen-bond acceptors (Lipinski definition) is 14. The Kier molecular flexibility index (Phi) is 7.13. The van der Waals surface area contributed by atoms with Gasteiger partial charge in [0.15, 0.2) is 46.0 Å². The third-order valence-corrected chi connectivity index (χ3v) is 6.50. The highest BCUT2D eigenvalue weighted by Gasteiger charge is 2.34. The number of aliphatic hydroxyl groups is 1. The molecule has 1 aliphatic rings. The Morgan fingerprint density at radius 1 is 0.651 bits per heavy atom. The van der Waals surface area contributed by atoms with E-state index in [2.05, 4.69) is 0 Å². The predicted octanol–water partition coefficient (Wildman–Crippen LogP) is 2.81. The van der Waals surface area contributed by atoms with Gasteiger partial charge < -0.3 is 60.2 Å². The maximum Gasteiger partial charge on any atom is 0.343 e. The lowest BCUT2D eigenvalue weighted by Gasteiger charge is -2.32. The summed E-state index contributed by atoms with van der Waals surface area (Å²) >= 11 is 0. The molecule has 222 valence electrons. The summed E-state index contributed by atoms with van der Waals surface area (Å²) in [5.74, 6) is -8.26. The second-order valence-corrected chi connectivity index (χ2v) is 9.46. The van der Waals surface area contributed by atoms with Crippen molar-refractivity contribution in [1.29, 1.82) is 0 Å². The van der Waals surface area contributed by atoms with Gasteiger partial charge in [-0.15, -0.1) is 0 Å². The quantitative estimate of drug-likeness (QED) is 0.0916. The summed E-state index contributed by atoms with van der Waals surface area (Å²) in [5, 5.41) is 89.2. The number of phenolic OH excluding ortho intramolecular Hbond substituents is 8. The first-order chi connectivity index (χ1) is 20.3. The first kappa shape index (κ1) is 28.5. The number of aromatic hydroxyl groups is 8. The van der Waals surface area contributed by atoms with Gasteiger partial charge in [-0.3, -0.25) is 0 Å². The Morgan fingerprint density at radius 3 is 1.67 bits per heavy atom. The normalized spacial score (nSPS) is 15.7. The van der Waals surface area contributed by atoms with Crippen LogP contribution in [0.3, 0.4) is 0 Å². The Balaban J connectivity index is 1.36. The van der Waals surface area contributed by atoms with E-state index < -0.39 is 64.4 Å². The van der Waals surface area contributed by atoms with Crippen molar-refractivity contribution >= 4 is 11.9 Å². The third-order valence-electron chi connectivity index (χ3n) is 6.50. The van der Waals surface area contributed by atoms with Gasteiger partial charge in [0.05, 0.1) is 17.2 Å². The van der Waals surface area contributed by atoms with Crippen LogP contribution in [0.25, 0.3) is 0 Å². The van der Waals surface area contributed by atoms with Crippen LogP contribution in [0.4, 0.5) is 0 Å². The van der Waals surface area contributed by atoms with Crippen LogP contribution in [-0.2, 0) is 6.42 Å². The third kappa shape index (κ3) is 5.49. The second-order valence-electron chi connectivity index (χ2n) is 9.46. The van der Waals surface area contributed by atoms with Crippen LogP contribution in [0.2, 0.25) is 0 Å². The molecule has 14 heteroatoms. The first-order valence-corrected chi connectivity index (χ1v) is 12.3. The molecule has 5 rings (SSSR count). The summed E-state index contributed by atoms with van der Waals surface area (Å²) in [7, 11) is 0. The summed E-state index contributed by atoms with van der Waals surface area (Å²) in [6.45, 7) is 0. The lowest BCUT2D eigenvalue weighted by atomic mass is 9.94. The highest BCUT2D eigenvalue weighted by Crippen LogP contribution is 2.44. The molecule has 0 spiro atoms. The molecule has 0 saturated carbocycles. The van der Waals surface area contributed by atoms with E-state index in [1.54, 1.807) is 0 Å². The molecular weight excluding hydrogens is 572 g/mol. The molecule has 4 aromatic carbocycles. The molecule has 0 fully saturated rings. The summed E-state index contributed by atoms with van der Waals surface area (Å²) in [6, 6.07) is 9.46. The first-order valence-electron chi connectivity index (χ1n) is 12.3. The average molecular weight is 594 g/mol. The van der Waals surface area contributed by atoms with Gasteiger partial charge in [0.25, 0.3) is 0 Å². The van der Waals surface area contributed by atoms with Crippen LogP contribution in [0.15, 0.2) is 54.6 Å². The molecule has 9 N–H and O–H groups in total. The van der Waals surface area contributed by atoms with Gasteiger partial charge in [-0.25, -0.2) is 9.59 Å². The van der Waals surface area contributed by atoms with Gasteiger partial charge in [0.2, 0.25) is 0 Å². The van der Waals surface area contributed by atoms with Crippen molar-refractivity contribution in [3.63, 3.8) is 0 Å². The lowest BCUT2D eigenvalue weighted by molar-refractivity contribution is 0.0193. The molecule has 0 aliphatic carbocycles. The van der Waals surface area contributed by atoms with E-state index in [4.69, 9.17) is 14.2 Å². The Morgan fingerprint density at radius 2 is 1.16 bits per heavy atom. The van der Waals surface area contributed by atoms with Gasteiger partial charge in [-0.05, 0) is 42.0 Å². The Bertz CT molecular complexity index is 1730. The van der Waals surface area contributed by atoms with E-state index in [1.807, 2.05) is 0 Å². The zero-order valence-corrected chi connectivity index (χ0v) is 21.6. The van der Waals surface area contributed by atoms with Crippen molar-refractivity contribution in [2.24, 2.45) is 0 Å². The van der Waals surface area contributed by atoms with Crippen LogP contribution in [0.1, 0.15) is 37.9 Å². The molecule has 0 aromatic heterocycles. The number of carbonyl (C=O) groups excluding carboxylic acids is 2. The SMILES string of the molecule is O=C(Oc1ccc(C2Oc3cc(O)cc(OC(=O)c4cc(O)c(O)c(O)c4)c3CC2O)cc1O)c1cc(O)c(O)c(O)c1. The maximum absolute atomic E-state index is 12.7. The number of carbonyl (C=O) groups is 2. The molecule has 1 heterocycles. The van der Waals surface area contributed by atoms with E-state index in [0.29, 0.717) is 0 Å². The molecule has 43 heavy (non-hydrogen) atoms. The predicted molar refractivity (Wildman–Crippen MR) is 142 cm³/mol. The van der Waals surface area contributed by atoms with Crippen molar-refractivity contribution in [1.82, 2.24) is 0 Å². The van der Waals surface area contributed by atoms with Crippen molar-refractivity contribution < 1.29 is 69.8 Å². The topological polar surface area (TPSA) is 244 Å². The average Bonchev–Trinajstić information content (AvgIpc) is 2.95. The highest BCUT2D eigenvalue weighted by molar-refractivity contribution is 5.93. The molecular formula is C29H22O14. The molecule has 2 unspecified atom stereocenters. The van der Waals surface area contributed by atoms with Crippen LogP contribution < -0.4 is 14.2 Å². The van der Waals surface area contributed by atoms with Gasteiger partial charge in [0.1, 0.15) is 23.4 Å². The zero-order valence-electron chi connectivity index (χ0n) is 21.6. The minimum atomic E-state index is -1.27. The van der Waals surface area contributed by atoms with Crippen LogP contribution in [-0.4, -0.2) is 64.0 Å². The summed E-state index contributed by atoms with van der Waals surface area (Å²) < 4.78 is 16.3. The van der Waals surface area contributed by atoms with Crippen LogP contribution in [0.5, 0.6) is 63.2 Å². The lowest BCUT2D eigenvalue weighted by Crippen LogP contribution is -2.30. The molecule has 0 radical (unpaired) electrons. The maximum atomic E-state index is 12.7. The van der Waals surface area contributed by atoms with Gasteiger partial charge in [-0.2, -0.15) is 0 Å². The molecule has 0 saturated heterocycles. The number of benzene rings is 4. The number of aliphatic hydroxyl groups excluding tert-OH is 1. The molecule has 0 bridgehead atoms. The van der Waals surface area contributed by atoms with E-state index >= 15 is 0 Å².